The van der Waals surface area contributed by atoms with E-state index in [0.29, 0.717) is 39.4 Å². The molecule has 2 heterocycles. The van der Waals surface area contributed by atoms with Crippen LogP contribution in [0.5, 0.6) is 0 Å². The van der Waals surface area contributed by atoms with Gasteiger partial charge in [0.1, 0.15) is 10.8 Å². The fourth-order valence-electron chi connectivity index (χ4n) is 3.56. The van der Waals surface area contributed by atoms with E-state index in [1.807, 2.05) is 6.07 Å². The SMILES string of the molecule is C[C@@H]1CCc2c(sc(NC(=O)c3ccccc3Cl)c2C(=O)NCc2ccco2)C1. The van der Waals surface area contributed by atoms with Crippen molar-refractivity contribution >= 4 is 39.8 Å². The van der Waals surface area contributed by atoms with Crippen LogP contribution in [-0.2, 0) is 19.4 Å². The van der Waals surface area contributed by atoms with Crippen LogP contribution < -0.4 is 10.6 Å². The molecule has 0 saturated heterocycles. The Hall–Kier alpha value is -2.57. The highest BCUT2D eigenvalue weighted by Crippen LogP contribution is 2.40. The molecule has 0 bridgehead atoms. The van der Waals surface area contributed by atoms with Crippen LogP contribution in [0.4, 0.5) is 5.00 Å². The highest BCUT2D eigenvalue weighted by molar-refractivity contribution is 7.17. The monoisotopic (exact) mass is 428 g/mol. The fourth-order valence-corrected chi connectivity index (χ4v) is 5.19. The average molecular weight is 429 g/mol. The highest BCUT2D eigenvalue weighted by Gasteiger charge is 2.28. The number of amides is 2. The molecule has 1 aliphatic rings. The van der Waals surface area contributed by atoms with Gasteiger partial charge in [-0.15, -0.1) is 11.3 Å². The van der Waals surface area contributed by atoms with Gasteiger partial charge in [0.05, 0.1) is 29.0 Å². The smallest absolute Gasteiger partial charge is 0.257 e. The van der Waals surface area contributed by atoms with E-state index in [4.69, 9.17) is 16.0 Å². The van der Waals surface area contributed by atoms with Crippen LogP contribution in [0.25, 0.3) is 0 Å². The first-order valence-electron chi connectivity index (χ1n) is 9.54. The van der Waals surface area contributed by atoms with Crippen molar-refractivity contribution < 1.29 is 14.0 Å². The molecule has 5 nitrogen and oxygen atoms in total. The number of hydrogen-bond donors (Lipinski definition) is 2. The minimum absolute atomic E-state index is 0.206. The number of halogens is 1. The lowest BCUT2D eigenvalue weighted by molar-refractivity contribution is 0.0948. The predicted molar refractivity (Wildman–Crippen MR) is 115 cm³/mol. The Kier molecular flexibility index (Phi) is 5.74. The van der Waals surface area contributed by atoms with Gasteiger partial charge in [0.25, 0.3) is 11.8 Å². The average Bonchev–Trinajstić information content (AvgIpc) is 3.33. The molecular formula is C22H21ClN2O3S. The summed E-state index contributed by atoms with van der Waals surface area (Å²) in [5.74, 6) is 0.718. The molecule has 3 aromatic rings. The first-order valence-corrected chi connectivity index (χ1v) is 10.7. The van der Waals surface area contributed by atoms with Crippen molar-refractivity contribution in [2.75, 3.05) is 5.32 Å². The van der Waals surface area contributed by atoms with Crippen molar-refractivity contribution in [3.63, 3.8) is 0 Å². The molecule has 0 spiro atoms. The molecule has 29 heavy (non-hydrogen) atoms. The molecule has 2 amide bonds. The number of carbonyl (C=O) groups excluding carboxylic acids is 2. The third kappa shape index (κ3) is 4.23. The molecule has 1 aromatic carbocycles. The summed E-state index contributed by atoms with van der Waals surface area (Å²) in [7, 11) is 0. The summed E-state index contributed by atoms with van der Waals surface area (Å²) in [5.41, 5.74) is 1.99. The van der Waals surface area contributed by atoms with Crippen LogP contribution in [0.2, 0.25) is 5.02 Å². The Morgan fingerprint density at radius 3 is 2.79 bits per heavy atom. The first-order chi connectivity index (χ1) is 14.0. The Morgan fingerprint density at radius 2 is 2.03 bits per heavy atom. The summed E-state index contributed by atoms with van der Waals surface area (Å²) in [6.45, 7) is 2.51. The van der Waals surface area contributed by atoms with Gasteiger partial charge in [-0.25, -0.2) is 0 Å². The van der Waals surface area contributed by atoms with Gasteiger partial charge in [-0.1, -0.05) is 30.7 Å². The van der Waals surface area contributed by atoms with Crippen molar-refractivity contribution in [2.24, 2.45) is 5.92 Å². The molecule has 0 radical (unpaired) electrons. The summed E-state index contributed by atoms with van der Waals surface area (Å²) >= 11 is 7.65. The maximum atomic E-state index is 13.0. The number of anilines is 1. The Labute approximate surface area is 178 Å². The molecule has 1 atom stereocenters. The highest BCUT2D eigenvalue weighted by atomic mass is 35.5. The second-order valence-electron chi connectivity index (χ2n) is 7.25. The van der Waals surface area contributed by atoms with Gasteiger partial charge < -0.3 is 15.1 Å². The van der Waals surface area contributed by atoms with Crippen LogP contribution in [-0.4, -0.2) is 11.8 Å². The van der Waals surface area contributed by atoms with Crippen LogP contribution >= 0.6 is 22.9 Å². The molecule has 1 aliphatic carbocycles. The number of nitrogens with one attached hydrogen (secondary N) is 2. The van der Waals surface area contributed by atoms with Crippen LogP contribution in [0.3, 0.4) is 0 Å². The molecule has 2 N–H and O–H groups in total. The third-order valence-electron chi connectivity index (χ3n) is 5.09. The van der Waals surface area contributed by atoms with E-state index in [1.54, 1.807) is 36.6 Å². The largest absolute Gasteiger partial charge is 0.467 e. The van der Waals surface area contributed by atoms with Gasteiger partial charge in [0.15, 0.2) is 0 Å². The lowest BCUT2D eigenvalue weighted by atomic mass is 9.88. The van der Waals surface area contributed by atoms with Crippen molar-refractivity contribution in [3.8, 4) is 0 Å². The Bertz CT molecular complexity index is 1040. The van der Waals surface area contributed by atoms with Crippen molar-refractivity contribution in [2.45, 2.75) is 32.7 Å². The second kappa shape index (κ2) is 8.43. The normalized spacial score (nSPS) is 15.6. The summed E-state index contributed by atoms with van der Waals surface area (Å²) in [5, 5.41) is 6.79. The zero-order chi connectivity index (χ0) is 20.4. The molecule has 7 heteroatoms. The predicted octanol–water partition coefficient (Wildman–Crippen LogP) is 5.30. The topological polar surface area (TPSA) is 71.3 Å². The molecule has 2 aromatic heterocycles. The van der Waals surface area contributed by atoms with E-state index < -0.39 is 0 Å². The van der Waals surface area contributed by atoms with Gasteiger partial charge in [-0.05, 0) is 55.0 Å². The first kappa shape index (κ1) is 19.7. The third-order valence-corrected chi connectivity index (χ3v) is 6.59. The van der Waals surface area contributed by atoms with Gasteiger partial charge in [-0.2, -0.15) is 0 Å². The molecule has 0 unspecified atom stereocenters. The number of thiophene rings is 1. The van der Waals surface area contributed by atoms with Gasteiger partial charge in [0, 0.05) is 4.88 Å². The zero-order valence-corrected chi connectivity index (χ0v) is 17.5. The molecule has 150 valence electrons. The van der Waals surface area contributed by atoms with E-state index in [9.17, 15) is 9.59 Å². The lowest BCUT2D eigenvalue weighted by Crippen LogP contribution is -2.25. The minimum atomic E-state index is -0.317. The second-order valence-corrected chi connectivity index (χ2v) is 8.76. The van der Waals surface area contributed by atoms with Crippen LogP contribution in [0.1, 0.15) is 50.3 Å². The minimum Gasteiger partial charge on any atom is -0.467 e. The number of furan rings is 1. The Balaban J connectivity index is 1.63. The van der Waals surface area contributed by atoms with Crippen molar-refractivity contribution in [1.82, 2.24) is 5.32 Å². The quantitative estimate of drug-likeness (QED) is 0.579. The van der Waals surface area contributed by atoms with Crippen LogP contribution in [0, 0.1) is 5.92 Å². The van der Waals surface area contributed by atoms with Gasteiger partial charge in [-0.3, -0.25) is 9.59 Å². The number of rotatable bonds is 5. The number of benzene rings is 1. The molecule has 4 rings (SSSR count). The zero-order valence-electron chi connectivity index (χ0n) is 16.0. The van der Waals surface area contributed by atoms with E-state index in [1.165, 1.54) is 16.2 Å². The molecule has 0 aliphatic heterocycles. The van der Waals surface area contributed by atoms with Crippen molar-refractivity contribution in [3.05, 3.63) is 75.0 Å². The summed E-state index contributed by atoms with van der Waals surface area (Å²) in [6.07, 6.45) is 4.35. The van der Waals surface area contributed by atoms with E-state index >= 15 is 0 Å². The van der Waals surface area contributed by atoms with E-state index in [-0.39, 0.29) is 11.8 Å². The van der Waals surface area contributed by atoms with Gasteiger partial charge >= 0.3 is 0 Å². The standard InChI is InChI=1S/C22H21ClN2O3S/c1-13-8-9-16-18(11-13)29-22(25-20(26)15-6-2-3-7-17(15)23)19(16)21(27)24-12-14-5-4-10-28-14/h2-7,10,13H,8-9,11-12H2,1H3,(H,24,27)(H,25,26)/t13-/m1/s1. The maximum absolute atomic E-state index is 13.0. The van der Waals surface area contributed by atoms with Crippen molar-refractivity contribution in [1.29, 1.82) is 0 Å². The number of hydrogen-bond acceptors (Lipinski definition) is 4. The van der Waals surface area contributed by atoms with E-state index in [2.05, 4.69) is 17.6 Å². The maximum Gasteiger partial charge on any atom is 0.257 e. The van der Waals surface area contributed by atoms with Crippen LogP contribution in [0.15, 0.2) is 47.1 Å². The molecular weight excluding hydrogens is 408 g/mol. The Morgan fingerprint density at radius 1 is 1.21 bits per heavy atom. The summed E-state index contributed by atoms with van der Waals surface area (Å²) in [4.78, 5) is 27.0. The number of fused-ring (bicyclic) bond motifs is 1. The molecule has 0 fully saturated rings. The fraction of sp³-hybridized carbons (Fsp3) is 0.273. The summed E-state index contributed by atoms with van der Waals surface area (Å²) in [6, 6.07) is 10.5. The summed E-state index contributed by atoms with van der Waals surface area (Å²) < 4.78 is 5.30. The van der Waals surface area contributed by atoms with Gasteiger partial charge in [0.2, 0.25) is 0 Å². The lowest BCUT2D eigenvalue weighted by Gasteiger charge is -2.18. The molecule has 0 saturated carbocycles. The number of carbonyl (C=O) groups is 2. The van der Waals surface area contributed by atoms with E-state index in [0.717, 1.165) is 24.8 Å².